The molecule has 1 aliphatic heterocycles. The number of hydrogen-bond acceptors (Lipinski definition) is 4. The first kappa shape index (κ1) is 17.2. The summed E-state index contributed by atoms with van der Waals surface area (Å²) in [5.74, 6) is 0. The van der Waals surface area contributed by atoms with E-state index in [1.54, 1.807) is 17.5 Å². The number of carbonyl (C=O) groups excluding carboxylic acids is 1. The second-order valence-corrected chi connectivity index (χ2v) is 8.31. The molecular formula is C21H21N5OS. The summed E-state index contributed by atoms with van der Waals surface area (Å²) in [5, 5.41) is 12.6. The van der Waals surface area contributed by atoms with Crippen LogP contribution in [0.15, 0.2) is 48.7 Å². The molecule has 0 radical (unpaired) electrons. The molecule has 1 saturated heterocycles. The molecule has 0 aliphatic carbocycles. The van der Waals surface area contributed by atoms with Gasteiger partial charge in [-0.2, -0.15) is 5.10 Å². The van der Waals surface area contributed by atoms with Gasteiger partial charge in [-0.3, -0.25) is 5.10 Å². The van der Waals surface area contributed by atoms with Crippen LogP contribution >= 0.6 is 11.3 Å². The molecule has 142 valence electrons. The summed E-state index contributed by atoms with van der Waals surface area (Å²) in [6, 6.07) is 14.5. The van der Waals surface area contributed by atoms with Crippen LogP contribution in [0.2, 0.25) is 0 Å². The largest absolute Gasteiger partial charge is 0.322 e. The van der Waals surface area contributed by atoms with Crippen LogP contribution in [0.25, 0.3) is 31.4 Å². The maximum absolute atomic E-state index is 12.7. The van der Waals surface area contributed by atoms with Gasteiger partial charge in [0, 0.05) is 52.4 Å². The first-order chi connectivity index (χ1) is 13.7. The van der Waals surface area contributed by atoms with Gasteiger partial charge in [0.1, 0.15) is 0 Å². The number of H-pyrrole nitrogens is 1. The Labute approximate surface area is 166 Å². The smallest absolute Gasteiger partial charge is 0.321 e. The fourth-order valence-electron chi connectivity index (χ4n) is 3.65. The van der Waals surface area contributed by atoms with Crippen molar-refractivity contribution >= 4 is 44.0 Å². The number of nitrogens with one attached hydrogen (secondary N) is 2. The van der Waals surface area contributed by atoms with Gasteiger partial charge in [0.25, 0.3) is 0 Å². The normalized spacial score (nSPS) is 15.4. The molecule has 2 aromatic heterocycles. The lowest BCUT2D eigenvalue weighted by atomic mass is 10.1. The van der Waals surface area contributed by atoms with E-state index >= 15 is 0 Å². The molecule has 5 rings (SSSR count). The number of nitrogens with zero attached hydrogens (tertiary/aromatic N) is 3. The average Bonchev–Trinajstić information content (AvgIpc) is 3.34. The van der Waals surface area contributed by atoms with E-state index in [0.717, 1.165) is 53.2 Å². The van der Waals surface area contributed by atoms with Crippen LogP contribution in [0.1, 0.15) is 0 Å². The Morgan fingerprint density at radius 2 is 1.93 bits per heavy atom. The van der Waals surface area contributed by atoms with Gasteiger partial charge in [0.2, 0.25) is 0 Å². The SMILES string of the molecule is CN1CCN(C(=O)Nc2cc(-c3cc4ccccc4s3)c3[nH]ncc3c2)CC1. The third-order valence-corrected chi connectivity index (χ3v) is 6.43. The number of hydrogen-bond donors (Lipinski definition) is 2. The van der Waals surface area contributed by atoms with Gasteiger partial charge >= 0.3 is 6.03 Å². The van der Waals surface area contributed by atoms with E-state index in [2.05, 4.69) is 57.8 Å². The summed E-state index contributed by atoms with van der Waals surface area (Å²) in [6.07, 6.45) is 1.80. The second-order valence-electron chi connectivity index (χ2n) is 7.23. The maximum Gasteiger partial charge on any atom is 0.321 e. The lowest BCUT2D eigenvalue weighted by molar-refractivity contribution is 0.164. The zero-order valence-electron chi connectivity index (χ0n) is 15.6. The first-order valence-electron chi connectivity index (χ1n) is 9.38. The van der Waals surface area contributed by atoms with Crippen LogP contribution in [0.4, 0.5) is 10.5 Å². The van der Waals surface area contributed by atoms with E-state index in [4.69, 9.17) is 0 Å². The zero-order valence-corrected chi connectivity index (χ0v) is 16.4. The monoisotopic (exact) mass is 391 g/mol. The van der Waals surface area contributed by atoms with E-state index in [-0.39, 0.29) is 6.03 Å². The Hall–Kier alpha value is -2.90. The molecular weight excluding hydrogens is 370 g/mol. The summed E-state index contributed by atoms with van der Waals surface area (Å²) in [6.45, 7) is 3.31. The highest BCUT2D eigenvalue weighted by atomic mass is 32.1. The molecule has 4 aromatic rings. The van der Waals surface area contributed by atoms with E-state index in [0.29, 0.717) is 0 Å². The molecule has 28 heavy (non-hydrogen) atoms. The van der Waals surface area contributed by atoms with Crippen LogP contribution in [0.3, 0.4) is 0 Å². The number of aromatic nitrogens is 2. The molecule has 0 bridgehead atoms. The van der Waals surface area contributed by atoms with Crippen molar-refractivity contribution < 1.29 is 4.79 Å². The molecule has 0 spiro atoms. The molecule has 2 N–H and O–H groups in total. The van der Waals surface area contributed by atoms with Crippen molar-refractivity contribution in [2.75, 3.05) is 38.5 Å². The van der Waals surface area contributed by atoms with Crippen molar-refractivity contribution in [2.45, 2.75) is 0 Å². The summed E-state index contributed by atoms with van der Waals surface area (Å²) in [5.41, 5.74) is 2.85. The number of fused-ring (bicyclic) bond motifs is 2. The van der Waals surface area contributed by atoms with Crippen LogP contribution in [-0.4, -0.2) is 59.3 Å². The number of anilines is 1. The van der Waals surface area contributed by atoms with Crippen LogP contribution in [0.5, 0.6) is 0 Å². The number of likely N-dealkylation sites (N-methyl/N-ethyl adjacent to an activating group) is 1. The number of benzene rings is 2. The van der Waals surface area contributed by atoms with Crippen molar-refractivity contribution in [3.05, 3.63) is 48.7 Å². The number of piperazine rings is 1. The highest BCUT2D eigenvalue weighted by molar-refractivity contribution is 7.22. The summed E-state index contributed by atoms with van der Waals surface area (Å²) in [7, 11) is 2.08. The summed E-state index contributed by atoms with van der Waals surface area (Å²) in [4.78, 5) is 18.0. The predicted octanol–water partition coefficient (Wildman–Crippen LogP) is 4.22. The van der Waals surface area contributed by atoms with E-state index in [1.807, 2.05) is 17.0 Å². The number of rotatable bonds is 2. The Morgan fingerprint density at radius 1 is 1.11 bits per heavy atom. The van der Waals surface area contributed by atoms with Gasteiger partial charge in [0.15, 0.2) is 0 Å². The van der Waals surface area contributed by atoms with Crippen LogP contribution in [-0.2, 0) is 0 Å². The van der Waals surface area contributed by atoms with Gasteiger partial charge in [-0.1, -0.05) is 18.2 Å². The summed E-state index contributed by atoms with van der Waals surface area (Å²) >= 11 is 1.75. The molecule has 0 saturated carbocycles. The van der Waals surface area contributed by atoms with Crippen molar-refractivity contribution in [1.82, 2.24) is 20.0 Å². The number of aromatic amines is 1. The van der Waals surface area contributed by atoms with Crippen LogP contribution < -0.4 is 5.32 Å². The molecule has 2 amide bonds. The number of urea groups is 1. The van der Waals surface area contributed by atoms with E-state index in [9.17, 15) is 4.79 Å². The molecule has 3 heterocycles. The highest BCUT2D eigenvalue weighted by Gasteiger charge is 2.20. The molecule has 2 aromatic carbocycles. The number of amides is 2. The average molecular weight is 392 g/mol. The first-order valence-corrected chi connectivity index (χ1v) is 10.2. The quantitative estimate of drug-likeness (QED) is 0.538. The molecule has 1 fully saturated rings. The predicted molar refractivity (Wildman–Crippen MR) is 115 cm³/mol. The summed E-state index contributed by atoms with van der Waals surface area (Å²) < 4.78 is 1.25. The van der Waals surface area contributed by atoms with Crippen LogP contribution in [0, 0.1) is 0 Å². The fourth-order valence-corrected chi connectivity index (χ4v) is 4.74. The van der Waals surface area contributed by atoms with Gasteiger partial charge in [0.05, 0.1) is 11.7 Å². The highest BCUT2D eigenvalue weighted by Crippen LogP contribution is 2.38. The van der Waals surface area contributed by atoms with E-state index < -0.39 is 0 Å². The van der Waals surface area contributed by atoms with Crippen molar-refractivity contribution in [3.63, 3.8) is 0 Å². The second kappa shape index (κ2) is 6.92. The fraction of sp³-hybridized carbons (Fsp3) is 0.238. The Bertz CT molecular complexity index is 1120. The number of carbonyl (C=O) groups is 1. The molecule has 7 heteroatoms. The van der Waals surface area contributed by atoms with Gasteiger partial charge < -0.3 is 15.1 Å². The van der Waals surface area contributed by atoms with Crippen molar-refractivity contribution in [1.29, 1.82) is 0 Å². The lowest BCUT2D eigenvalue weighted by Gasteiger charge is -2.32. The molecule has 1 aliphatic rings. The van der Waals surface area contributed by atoms with E-state index in [1.165, 1.54) is 10.1 Å². The molecule has 0 unspecified atom stereocenters. The van der Waals surface area contributed by atoms with Gasteiger partial charge in [-0.25, -0.2) is 4.79 Å². The third-order valence-electron chi connectivity index (χ3n) is 5.28. The Morgan fingerprint density at radius 3 is 2.75 bits per heavy atom. The zero-order chi connectivity index (χ0) is 19.1. The molecule has 0 atom stereocenters. The van der Waals surface area contributed by atoms with Crippen molar-refractivity contribution in [3.8, 4) is 10.4 Å². The Balaban J connectivity index is 1.50. The Kier molecular flexibility index (Phi) is 4.26. The lowest BCUT2D eigenvalue weighted by Crippen LogP contribution is -2.48. The topological polar surface area (TPSA) is 64.3 Å². The van der Waals surface area contributed by atoms with Crippen molar-refractivity contribution in [2.24, 2.45) is 0 Å². The standard InChI is InChI=1S/C21H21N5OS/c1-25-6-8-26(9-7-25)21(27)23-16-10-15-13-22-24-20(15)17(12-16)19-11-14-4-2-3-5-18(14)28-19/h2-5,10-13H,6-9H2,1H3,(H,22,24)(H,23,27). The molecule has 6 nitrogen and oxygen atoms in total. The van der Waals surface area contributed by atoms with Gasteiger partial charge in [-0.05, 0) is 36.7 Å². The minimum absolute atomic E-state index is 0.0433. The third kappa shape index (κ3) is 3.12. The minimum atomic E-state index is -0.0433. The van der Waals surface area contributed by atoms with Gasteiger partial charge in [-0.15, -0.1) is 11.3 Å². The minimum Gasteiger partial charge on any atom is -0.322 e. The number of thiophene rings is 1. The maximum atomic E-state index is 12.7.